The van der Waals surface area contributed by atoms with Gasteiger partial charge in [-0.1, -0.05) is 42.5 Å². The van der Waals surface area contributed by atoms with Crippen LogP contribution in [0, 0.1) is 10.1 Å². The zero-order chi connectivity index (χ0) is 15.9. The molecule has 6 nitrogen and oxygen atoms in total. The lowest BCUT2D eigenvalue weighted by Gasteiger charge is -2.20. The molecular weight excluding hydrogens is 284 g/mol. The van der Waals surface area contributed by atoms with E-state index in [0.29, 0.717) is 0 Å². The van der Waals surface area contributed by atoms with Crippen molar-refractivity contribution in [2.24, 2.45) is 0 Å². The molecule has 0 unspecified atom stereocenters. The van der Waals surface area contributed by atoms with Crippen molar-refractivity contribution in [3.63, 3.8) is 0 Å². The molecule has 114 valence electrons. The molecule has 0 aliphatic heterocycles. The molecule has 2 rings (SSSR count). The summed E-state index contributed by atoms with van der Waals surface area (Å²) in [5.74, 6) is 0. The molecule has 0 spiro atoms. The minimum Gasteiger partial charge on any atom is -0.444 e. The molecule has 0 heterocycles. The summed E-state index contributed by atoms with van der Waals surface area (Å²) in [4.78, 5) is 24.0. The number of amides is 1. The van der Waals surface area contributed by atoms with Gasteiger partial charge in [-0.2, -0.15) is 0 Å². The summed E-state index contributed by atoms with van der Waals surface area (Å²) in [5.41, 5.74) is 0.962. The summed E-state index contributed by atoms with van der Waals surface area (Å²) in [6.07, 6.45) is -0.611. The number of carbonyl (C=O) groups excluding carboxylic acids is 1. The summed E-state index contributed by atoms with van der Waals surface area (Å²) < 4.78 is 5.23. The monoisotopic (exact) mass is 300 g/mol. The van der Waals surface area contributed by atoms with Gasteiger partial charge in [0, 0.05) is 12.6 Å². The quantitative estimate of drug-likeness (QED) is 0.622. The number of nitro benzene ring substituents is 1. The number of hydrogen-bond acceptors (Lipinski definition) is 4. The molecule has 0 atom stereocenters. The van der Waals surface area contributed by atoms with Crippen molar-refractivity contribution >= 4 is 17.5 Å². The summed E-state index contributed by atoms with van der Waals surface area (Å²) >= 11 is 0. The summed E-state index contributed by atoms with van der Waals surface area (Å²) in [6, 6.07) is 15.4. The Hall–Kier alpha value is -2.89. The molecule has 2 aromatic carbocycles. The highest BCUT2D eigenvalue weighted by atomic mass is 16.6. The number of rotatable bonds is 5. The number of nitro groups is 1. The van der Waals surface area contributed by atoms with E-state index in [1.54, 1.807) is 19.1 Å². The highest BCUT2D eigenvalue weighted by molar-refractivity contribution is 5.90. The molecule has 22 heavy (non-hydrogen) atoms. The number of benzene rings is 2. The molecule has 0 bridgehead atoms. The maximum absolute atomic E-state index is 12.2. The van der Waals surface area contributed by atoms with Crippen LogP contribution in [0.3, 0.4) is 0 Å². The van der Waals surface area contributed by atoms with Crippen LogP contribution in [0.15, 0.2) is 54.6 Å². The van der Waals surface area contributed by atoms with Gasteiger partial charge < -0.3 is 4.74 Å². The Kier molecular flexibility index (Phi) is 5.08. The fraction of sp³-hybridized carbons (Fsp3) is 0.188. The molecule has 0 fully saturated rings. The topological polar surface area (TPSA) is 72.7 Å². The van der Waals surface area contributed by atoms with E-state index in [1.807, 2.05) is 30.3 Å². The smallest absolute Gasteiger partial charge is 0.414 e. The van der Waals surface area contributed by atoms with Crippen LogP contribution in [0.4, 0.5) is 16.2 Å². The second-order valence-electron chi connectivity index (χ2n) is 4.53. The molecule has 0 saturated heterocycles. The van der Waals surface area contributed by atoms with Gasteiger partial charge in [-0.3, -0.25) is 15.0 Å². The highest BCUT2D eigenvalue weighted by Gasteiger charge is 2.23. The van der Waals surface area contributed by atoms with Crippen LogP contribution in [0.25, 0.3) is 0 Å². The standard InChI is InChI=1S/C16H16N2O4/c1-2-17(14-10-6-7-11-15(14)18(20)21)16(19)22-12-13-8-4-3-5-9-13/h3-11H,2,12H2,1H3. The molecule has 0 radical (unpaired) electrons. The van der Waals surface area contributed by atoms with Gasteiger partial charge in [-0.05, 0) is 18.6 Å². The lowest BCUT2D eigenvalue weighted by Crippen LogP contribution is -2.31. The second kappa shape index (κ2) is 7.21. The van der Waals surface area contributed by atoms with Gasteiger partial charge in [0.2, 0.25) is 0 Å². The SMILES string of the molecule is CCN(C(=O)OCc1ccccc1)c1ccccc1[N+](=O)[O-]. The minimum absolute atomic E-state index is 0.122. The number of hydrogen-bond donors (Lipinski definition) is 0. The van der Waals surface area contributed by atoms with E-state index in [9.17, 15) is 14.9 Å². The molecule has 0 aliphatic rings. The maximum Gasteiger partial charge on any atom is 0.414 e. The third kappa shape index (κ3) is 3.60. The van der Waals surface area contributed by atoms with Crippen LogP contribution in [-0.4, -0.2) is 17.6 Å². The van der Waals surface area contributed by atoms with Crippen LogP contribution < -0.4 is 4.90 Å². The summed E-state index contributed by atoms with van der Waals surface area (Å²) in [6.45, 7) is 2.13. The van der Waals surface area contributed by atoms with Crippen molar-refractivity contribution in [3.8, 4) is 0 Å². The van der Waals surface area contributed by atoms with E-state index in [0.717, 1.165) is 5.56 Å². The number of anilines is 1. The maximum atomic E-state index is 12.2. The number of para-hydroxylation sites is 2. The first kappa shape index (κ1) is 15.5. The number of carbonyl (C=O) groups is 1. The van der Waals surface area contributed by atoms with E-state index in [-0.39, 0.29) is 24.5 Å². The Bertz CT molecular complexity index is 658. The molecule has 0 N–H and O–H groups in total. The van der Waals surface area contributed by atoms with E-state index in [4.69, 9.17) is 4.74 Å². The highest BCUT2D eigenvalue weighted by Crippen LogP contribution is 2.28. The van der Waals surface area contributed by atoms with E-state index >= 15 is 0 Å². The molecule has 0 aliphatic carbocycles. The van der Waals surface area contributed by atoms with Crippen molar-refractivity contribution in [2.75, 3.05) is 11.4 Å². The predicted molar refractivity (Wildman–Crippen MR) is 82.7 cm³/mol. The summed E-state index contributed by atoms with van der Waals surface area (Å²) in [7, 11) is 0. The Morgan fingerprint density at radius 1 is 1.14 bits per heavy atom. The molecule has 0 aromatic heterocycles. The second-order valence-corrected chi connectivity index (χ2v) is 4.53. The molecule has 2 aromatic rings. The fourth-order valence-corrected chi connectivity index (χ4v) is 2.04. The third-order valence-corrected chi connectivity index (χ3v) is 3.11. The van der Waals surface area contributed by atoms with Gasteiger partial charge >= 0.3 is 6.09 Å². The Labute approximate surface area is 128 Å². The van der Waals surface area contributed by atoms with Gasteiger partial charge in [0.25, 0.3) is 5.69 Å². The first-order valence-corrected chi connectivity index (χ1v) is 6.85. The van der Waals surface area contributed by atoms with Crippen molar-refractivity contribution < 1.29 is 14.5 Å². The fourth-order valence-electron chi connectivity index (χ4n) is 2.04. The van der Waals surface area contributed by atoms with Gasteiger partial charge in [0.1, 0.15) is 12.3 Å². The molecular formula is C16H16N2O4. The zero-order valence-corrected chi connectivity index (χ0v) is 12.1. The van der Waals surface area contributed by atoms with Crippen molar-refractivity contribution in [1.82, 2.24) is 0 Å². The van der Waals surface area contributed by atoms with E-state index < -0.39 is 11.0 Å². The first-order chi connectivity index (χ1) is 10.6. The van der Waals surface area contributed by atoms with Crippen LogP contribution >= 0.6 is 0 Å². The average Bonchev–Trinajstić information content (AvgIpc) is 2.55. The van der Waals surface area contributed by atoms with Crippen molar-refractivity contribution in [1.29, 1.82) is 0 Å². The van der Waals surface area contributed by atoms with E-state index in [2.05, 4.69) is 0 Å². The Balaban J connectivity index is 2.14. The largest absolute Gasteiger partial charge is 0.444 e. The van der Waals surface area contributed by atoms with E-state index in [1.165, 1.54) is 17.0 Å². The number of nitrogens with zero attached hydrogens (tertiary/aromatic N) is 2. The van der Waals surface area contributed by atoms with Gasteiger partial charge in [-0.15, -0.1) is 0 Å². The Morgan fingerprint density at radius 3 is 2.41 bits per heavy atom. The number of ether oxygens (including phenoxy) is 1. The van der Waals surface area contributed by atoms with Crippen molar-refractivity contribution in [3.05, 3.63) is 70.3 Å². The average molecular weight is 300 g/mol. The van der Waals surface area contributed by atoms with Crippen LogP contribution in [0.5, 0.6) is 0 Å². The summed E-state index contributed by atoms with van der Waals surface area (Å²) in [5, 5.41) is 11.1. The lowest BCUT2D eigenvalue weighted by atomic mass is 10.2. The van der Waals surface area contributed by atoms with Gasteiger partial charge in [0.05, 0.1) is 4.92 Å². The Morgan fingerprint density at radius 2 is 1.77 bits per heavy atom. The van der Waals surface area contributed by atoms with Crippen molar-refractivity contribution in [2.45, 2.75) is 13.5 Å². The van der Waals surface area contributed by atoms with Gasteiger partial charge in [0.15, 0.2) is 0 Å². The van der Waals surface area contributed by atoms with Gasteiger partial charge in [-0.25, -0.2) is 4.79 Å². The van der Waals surface area contributed by atoms with Crippen LogP contribution in [0.1, 0.15) is 12.5 Å². The first-order valence-electron chi connectivity index (χ1n) is 6.85. The third-order valence-electron chi connectivity index (χ3n) is 3.11. The lowest BCUT2D eigenvalue weighted by molar-refractivity contribution is -0.384. The molecule has 1 amide bonds. The normalized spacial score (nSPS) is 10.0. The predicted octanol–water partition coefficient (Wildman–Crippen LogP) is 3.76. The van der Waals surface area contributed by atoms with Crippen LogP contribution in [0.2, 0.25) is 0 Å². The minimum atomic E-state index is -0.611. The molecule has 0 saturated carbocycles. The zero-order valence-electron chi connectivity index (χ0n) is 12.1. The molecule has 6 heteroatoms. The van der Waals surface area contributed by atoms with Crippen LogP contribution in [-0.2, 0) is 11.3 Å².